The maximum atomic E-state index is 13.4. The van der Waals surface area contributed by atoms with Crippen LogP contribution < -0.4 is 5.32 Å². The predicted octanol–water partition coefficient (Wildman–Crippen LogP) is 4.32. The summed E-state index contributed by atoms with van der Waals surface area (Å²) in [6, 6.07) is 13.7. The largest absolute Gasteiger partial charge is 0.325 e. The van der Waals surface area contributed by atoms with Crippen LogP contribution in [-0.4, -0.2) is 11.7 Å². The lowest BCUT2D eigenvalue weighted by atomic mass is 10.3. The molecule has 2 nitrogen and oxygen atoms in total. The number of anilines is 1. The van der Waals surface area contributed by atoms with Gasteiger partial charge < -0.3 is 5.32 Å². The van der Waals surface area contributed by atoms with E-state index in [-0.39, 0.29) is 17.5 Å². The number of rotatable bonds is 4. The standard InChI is InChI=1S/C14H11BrFNOS/c15-10-5-7-11(8-6-10)17-14(18)9-19-13-4-2-1-3-12(13)16/h1-8H,9H2,(H,17,18). The highest BCUT2D eigenvalue weighted by atomic mass is 79.9. The summed E-state index contributed by atoms with van der Waals surface area (Å²) in [6.45, 7) is 0. The Morgan fingerprint density at radius 1 is 1.16 bits per heavy atom. The molecule has 19 heavy (non-hydrogen) atoms. The van der Waals surface area contributed by atoms with Gasteiger partial charge in [0, 0.05) is 15.1 Å². The zero-order valence-corrected chi connectivity index (χ0v) is 12.3. The van der Waals surface area contributed by atoms with Gasteiger partial charge in [-0.2, -0.15) is 0 Å². The highest BCUT2D eigenvalue weighted by Gasteiger charge is 2.06. The quantitative estimate of drug-likeness (QED) is 0.840. The van der Waals surface area contributed by atoms with E-state index in [9.17, 15) is 9.18 Å². The van der Waals surface area contributed by atoms with Crippen molar-refractivity contribution < 1.29 is 9.18 Å². The lowest BCUT2D eigenvalue weighted by Crippen LogP contribution is -2.13. The van der Waals surface area contributed by atoms with Gasteiger partial charge in [-0.3, -0.25) is 4.79 Å². The first-order valence-corrected chi connectivity index (χ1v) is 7.36. The Morgan fingerprint density at radius 2 is 1.84 bits per heavy atom. The number of hydrogen-bond donors (Lipinski definition) is 1. The predicted molar refractivity (Wildman–Crippen MR) is 79.9 cm³/mol. The molecule has 0 heterocycles. The Balaban J connectivity index is 1.88. The zero-order chi connectivity index (χ0) is 13.7. The molecule has 2 aromatic rings. The van der Waals surface area contributed by atoms with Crippen LogP contribution in [0.5, 0.6) is 0 Å². The molecular formula is C14H11BrFNOS. The van der Waals surface area contributed by atoms with Crippen LogP contribution in [0.15, 0.2) is 57.9 Å². The van der Waals surface area contributed by atoms with Gasteiger partial charge in [-0.25, -0.2) is 4.39 Å². The Morgan fingerprint density at radius 3 is 2.53 bits per heavy atom. The van der Waals surface area contributed by atoms with E-state index < -0.39 is 0 Å². The first-order valence-electron chi connectivity index (χ1n) is 5.58. The van der Waals surface area contributed by atoms with Crippen LogP contribution in [0.1, 0.15) is 0 Å². The van der Waals surface area contributed by atoms with Gasteiger partial charge in [0.2, 0.25) is 5.91 Å². The van der Waals surface area contributed by atoms with E-state index in [2.05, 4.69) is 21.2 Å². The van der Waals surface area contributed by atoms with Gasteiger partial charge in [-0.05, 0) is 36.4 Å². The third-order valence-corrected chi connectivity index (χ3v) is 3.90. The van der Waals surface area contributed by atoms with Crippen molar-refractivity contribution in [1.29, 1.82) is 0 Å². The maximum absolute atomic E-state index is 13.4. The van der Waals surface area contributed by atoms with Gasteiger partial charge in [0.25, 0.3) is 0 Å². The molecule has 0 aliphatic heterocycles. The number of benzene rings is 2. The number of hydrogen-bond acceptors (Lipinski definition) is 2. The normalized spacial score (nSPS) is 10.2. The van der Waals surface area contributed by atoms with Crippen molar-refractivity contribution in [3.63, 3.8) is 0 Å². The highest BCUT2D eigenvalue weighted by Crippen LogP contribution is 2.21. The van der Waals surface area contributed by atoms with Gasteiger partial charge in [-0.1, -0.05) is 28.1 Å². The first kappa shape index (κ1) is 14.1. The molecule has 2 aromatic carbocycles. The minimum atomic E-state index is -0.302. The van der Waals surface area contributed by atoms with Gasteiger partial charge in [0.1, 0.15) is 5.82 Å². The molecular weight excluding hydrogens is 329 g/mol. The number of thioether (sulfide) groups is 1. The average Bonchev–Trinajstić information content (AvgIpc) is 2.40. The molecule has 0 fully saturated rings. The maximum Gasteiger partial charge on any atom is 0.234 e. The van der Waals surface area contributed by atoms with Crippen LogP contribution in [0, 0.1) is 5.82 Å². The summed E-state index contributed by atoms with van der Waals surface area (Å²) in [5.41, 5.74) is 0.724. The summed E-state index contributed by atoms with van der Waals surface area (Å²) in [4.78, 5) is 12.2. The SMILES string of the molecule is O=C(CSc1ccccc1F)Nc1ccc(Br)cc1. The third-order valence-electron chi connectivity index (χ3n) is 2.32. The fourth-order valence-corrected chi connectivity index (χ4v) is 2.44. The second-order valence-corrected chi connectivity index (χ2v) is 5.71. The fourth-order valence-electron chi connectivity index (χ4n) is 1.44. The van der Waals surface area contributed by atoms with Crippen LogP contribution >= 0.6 is 27.7 Å². The Bertz CT molecular complexity index is 574. The molecule has 98 valence electrons. The van der Waals surface area contributed by atoms with E-state index in [1.807, 2.05) is 12.1 Å². The summed E-state index contributed by atoms with van der Waals surface area (Å²) in [5, 5.41) is 2.76. The second kappa shape index (κ2) is 6.73. The first-order chi connectivity index (χ1) is 9.15. The number of nitrogens with one attached hydrogen (secondary N) is 1. The average molecular weight is 340 g/mol. The molecule has 0 bridgehead atoms. The molecule has 0 unspecified atom stereocenters. The molecule has 5 heteroatoms. The van der Waals surface area contributed by atoms with Crippen LogP contribution in [0.2, 0.25) is 0 Å². The Labute approximate surface area is 123 Å². The molecule has 0 radical (unpaired) electrons. The van der Waals surface area contributed by atoms with E-state index in [0.717, 1.165) is 10.2 Å². The molecule has 0 aliphatic carbocycles. The van der Waals surface area contributed by atoms with Crippen LogP contribution in [0.25, 0.3) is 0 Å². The van der Waals surface area contributed by atoms with Crippen LogP contribution in [0.4, 0.5) is 10.1 Å². The van der Waals surface area contributed by atoms with E-state index >= 15 is 0 Å². The molecule has 0 atom stereocenters. The van der Waals surface area contributed by atoms with Crippen molar-refractivity contribution in [2.75, 3.05) is 11.1 Å². The molecule has 2 rings (SSSR count). The third kappa shape index (κ3) is 4.36. The van der Waals surface area contributed by atoms with E-state index in [0.29, 0.717) is 4.90 Å². The summed E-state index contributed by atoms with van der Waals surface area (Å²) >= 11 is 4.50. The molecule has 1 amide bonds. The number of halogens is 2. The lowest BCUT2D eigenvalue weighted by Gasteiger charge is -2.05. The monoisotopic (exact) mass is 339 g/mol. The Hall–Kier alpha value is -1.33. The molecule has 0 aromatic heterocycles. The summed E-state index contributed by atoms with van der Waals surface area (Å²) in [5.74, 6) is -0.281. The van der Waals surface area contributed by atoms with Gasteiger partial charge in [-0.15, -0.1) is 11.8 Å². The summed E-state index contributed by atoms with van der Waals surface area (Å²) in [6.07, 6.45) is 0. The number of carbonyl (C=O) groups excluding carboxylic acids is 1. The molecule has 0 spiro atoms. The summed E-state index contributed by atoms with van der Waals surface area (Å²) < 4.78 is 14.3. The fraction of sp³-hybridized carbons (Fsp3) is 0.0714. The molecule has 0 saturated carbocycles. The topological polar surface area (TPSA) is 29.1 Å². The molecule has 1 N–H and O–H groups in total. The minimum Gasteiger partial charge on any atom is -0.325 e. The molecule has 0 aliphatic rings. The van der Waals surface area contributed by atoms with E-state index in [1.54, 1.807) is 30.3 Å². The van der Waals surface area contributed by atoms with Gasteiger partial charge in [0.15, 0.2) is 0 Å². The zero-order valence-electron chi connectivity index (χ0n) is 9.90. The van der Waals surface area contributed by atoms with Gasteiger partial charge in [0.05, 0.1) is 5.75 Å². The Kier molecular flexibility index (Phi) is 4.99. The number of carbonyl (C=O) groups is 1. The van der Waals surface area contributed by atoms with Crippen molar-refractivity contribution in [2.24, 2.45) is 0 Å². The number of amides is 1. The van der Waals surface area contributed by atoms with Crippen LogP contribution in [0.3, 0.4) is 0 Å². The lowest BCUT2D eigenvalue weighted by molar-refractivity contribution is -0.113. The van der Waals surface area contributed by atoms with Crippen LogP contribution in [-0.2, 0) is 4.79 Å². The van der Waals surface area contributed by atoms with Gasteiger partial charge >= 0.3 is 0 Å². The van der Waals surface area contributed by atoms with E-state index in [4.69, 9.17) is 0 Å². The van der Waals surface area contributed by atoms with Crippen molar-refractivity contribution in [3.05, 3.63) is 58.8 Å². The van der Waals surface area contributed by atoms with Crippen molar-refractivity contribution >= 4 is 39.3 Å². The minimum absolute atomic E-state index is 0.157. The van der Waals surface area contributed by atoms with Crippen molar-refractivity contribution in [1.82, 2.24) is 0 Å². The highest BCUT2D eigenvalue weighted by molar-refractivity contribution is 9.10. The smallest absolute Gasteiger partial charge is 0.234 e. The second-order valence-electron chi connectivity index (χ2n) is 3.77. The van der Waals surface area contributed by atoms with Crippen molar-refractivity contribution in [3.8, 4) is 0 Å². The van der Waals surface area contributed by atoms with E-state index in [1.165, 1.54) is 17.8 Å². The summed E-state index contributed by atoms with van der Waals surface area (Å²) in [7, 11) is 0. The molecule has 0 saturated heterocycles. The van der Waals surface area contributed by atoms with Crippen molar-refractivity contribution in [2.45, 2.75) is 4.90 Å².